The van der Waals surface area contributed by atoms with Crippen LogP contribution in [0, 0.1) is 0 Å². The highest BCUT2D eigenvalue weighted by atomic mass is 35.5. The van der Waals surface area contributed by atoms with E-state index < -0.39 is 26.7 Å². The normalized spacial score (nSPS) is 23.9. The number of alkyl halides is 3. The van der Waals surface area contributed by atoms with E-state index in [1.54, 1.807) is 13.8 Å². The topological polar surface area (TPSA) is 49.4 Å². The van der Waals surface area contributed by atoms with E-state index in [-0.39, 0.29) is 37.6 Å². The van der Waals surface area contributed by atoms with Gasteiger partial charge in [0.2, 0.25) is 10.0 Å². The number of hydrogen-bond acceptors (Lipinski definition) is 3. The quantitative estimate of drug-likeness (QED) is 0.883. The van der Waals surface area contributed by atoms with Crippen molar-refractivity contribution in [1.82, 2.24) is 9.62 Å². The predicted octanol–water partition coefficient (Wildman–Crippen LogP) is 2.50. The van der Waals surface area contributed by atoms with Crippen LogP contribution in [0.4, 0.5) is 13.2 Å². The van der Waals surface area contributed by atoms with Crippen molar-refractivity contribution in [3.8, 4) is 0 Å². The first-order chi connectivity index (χ1) is 9.62. The first-order valence-electron chi connectivity index (χ1n) is 6.55. The van der Waals surface area contributed by atoms with Gasteiger partial charge in [0.15, 0.2) is 0 Å². The van der Waals surface area contributed by atoms with Gasteiger partial charge < -0.3 is 5.32 Å². The van der Waals surface area contributed by atoms with Crippen molar-refractivity contribution >= 4 is 22.4 Å². The molecular weight excluding hydrogens is 341 g/mol. The Morgan fingerprint density at radius 3 is 2.14 bits per heavy atom. The van der Waals surface area contributed by atoms with Crippen molar-refractivity contribution in [1.29, 1.82) is 0 Å². The molecule has 1 heterocycles. The highest BCUT2D eigenvalue weighted by molar-refractivity contribution is 7.89. The summed E-state index contributed by atoms with van der Waals surface area (Å²) in [7, 11) is -4.17. The third-order valence-corrected chi connectivity index (χ3v) is 5.22. The molecule has 2 unspecified atom stereocenters. The lowest BCUT2D eigenvalue weighted by molar-refractivity contribution is -0.139. The average Bonchev–Trinajstić information content (AvgIpc) is 2.36. The van der Waals surface area contributed by atoms with Gasteiger partial charge >= 0.3 is 6.18 Å². The molecular formula is C13H18ClF3N2O2S. The van der Waals surface area contributed by atoms with E-state index in [1.165, 1.54) is 12.1 Å². The second-order valence-electron chi connectivity index (χ2n) is 5.28. The summed E-state index contributed by atoms with van der Waals surface area (Å²) in [6.45, 7) is 3.90. The molecule has 1 fully saturated rings. The Kier molecular flexibility index (Phi) is 5.88. The van der Waals surface area contributed by atoms with Crippen molar-refractivity contribution in [3.63, 3.8) is 0 Å². The fraction of sp³-hybridized carbons (Fsp3) is 0.538. The van der Waals surface area contributed by atoms with Crippen LogP contribution in [0.1, 0.15) is 19.4 Å². The minimum Gasteiger partial charge on any atom is -0.309 e. The van der Waals surface area contributed by atoms with Crippen molar-refractivity contribution in [2.45, 2.75) is 37.0 Å². The molecule has 9 heteroatoms. The number of nitrogens with one attached hydrogen (secondary N) is 1. The molecule has 1 aromatic carbocycles. The van der Waals surface area contributed by atoms with E-state index in [1.807, 2.05) is 0 Å². The third kappa shape index (κ3) is 3.92. The van der Waals surface area contributed by atoms with Crippen LogP contribution in [0.25, 0.3) is 0 Å². The molecule has 0 aliphatic carbocycles. The standard InChI is InChI=1S/C13H17F3N2O2S.ClH/c1-9-7-18(8-10(2)17-9)21(19,20)12-6-4-3-5-11(12)13(14,15)16;/h3-6,9-10,17H,7-8H2,1-2H3;1H. The zero-order valence-corrected chi connectivity index (χ0v) is 13.7. The van der Waals surface area contributed by atoms with Gasteiger partial charge in [0.25, 0.3) is 0 Å². The predicted molar refractivity (Wildman–Crippen MR) is 79.5 cm³/mol. The molecule has 0 bridgehead atoms. The third-order valence-electron chi connectivity index (χ3n) is 3.33. The average molecular weight is 359 g/mol. The Bertz CT molecular complexity index is 612. The van der Waals surface area contributed by atoms with Crippen molar-refractivity contribution in [2.75, 3.05) is 13.1 Å². The van der Waals surface area contributed by atoms with Gasteiger partial charge in [-0.15, -0.1) is 12.4 Å². The van der Waals surface area contributed by atoms with Crippen molar-refractivity contribution < 1.29 is 21.6 Å². The highest BCUT2D eigenvalue weighted by Gasteiger charge is 2.40. The largest absolute Gasteiger partial charge is 0.417 e. The van der Waals surface area contributed by atoms with Crippen LogP contribution in [0.2, 0.25) is 0 Å². The molecule has 22 heavy (non-hydrogen) atoms. The molecule has 0 spiro atoms. The SMILES string of the molecule is CC1CN(S(=O)(=O)c2ccccc2C(F)(F)F)CC(C)N1.Cl. The van der Waals surface area contributed by atoms with Gasteiger partial charge in [-0.05, 0) is 26.0 Å². The van der Waals surface area contributed by atoms with Crippen LogP contribution in [0.15, 0.2) is 29.2 Å². The van der Waals surface area contributed by atoms with Crippen LogP contribution in [0.3, 0.4) is 0 Å². The summed E-state index contributed by atoms with van der Waals surface area (Å²) in [6.07, 6.45) is -4.70. The van der Waals surface area contributed by atoms with Crippen molar-refractivity contribution in [3.05, 3.63) is 29.8 Å². The van der Waals surface area contributed by atoms with Crippen LogP contribution in [-0.2, 0) is 16.2 Å². The Morgan fingerprint density at radius 2 is 1.64 bits per heavy atom. The van der Waals surface area contributed by atoms with E-state index in [9.17, 15) is 21.6 Å². The number of halogens is 4. The van der Waals surface area contributed by atoms with E-state index in [0.29, 0.717) is 0 Å². The molecule has 1 saturated heterocycles. The number of nitrogens with zero attached hydrogens (tertiary/aromatic N) is 1. The van der Waals surface area contributed by atoms with Gasteiger partial charge in [0.1, 0.15) is 0 Å². The van der Waals surface area contributed by atoms with E-state index >= 15 is 0 Å². The minimum atomic E-state index is -4.70. The lowest BCUT2D eigenvalue weighted by atomic mass is 10.2. The molecule has 0 radical (unpaired) electrons. The fourth-order valence-electron chi connectivity index (χ4n) is 2.54. The summed E-state index contributed by atoms with van der Waals surface area (Å²) < 4.78 is 65.2. The van der Waals surface area contributed by atoms with Gasteiger partial charge in [-0.2, -0.15) is 17.5 Å². The molecule has 0 amide bonds. The zero-order chi connectivity index (χ0) is 15.8. The van der Waals surface area contributed by atoms with Gasteiger partial charge in [-0.3, -0.25) is 0 Å². The van der Waals surface area contributed by atoms with Gasteiger partial charge in [-0.1, -0.05) is 12.1 Å². The first kappa shape index (κ1) is 19.2. The molecule has 0 saturated carbocycles. The maximum Gasteiger partial charge on any atom is 0.417 e. The summed E-state index contributed by atoms with van der Waals surface area (Å²) in [5.74, 6) is 0. The summed E-state index contributed by atoms with van der Waals surface area (Å²) in [5.41, 5.74) is -1.12. The van der Waals surface area contributed by atoms with Crippen LogP contribution in [0.5, 0.6) is 0 Å². The highest BCUT2D eigenvalue weighted by Crippen LogP contribution is 2.35. The Balaban J connectivity index is 0.00000242. The van der Waals surface area contributed by atoms with E-state index in [4.69, 9.17) is 0 Å². The molecule has 1 aliphatic rings. The van der Waals surface area contributed by atoms with E-state index in [2.05, 4.69) is 5.32 Å². The summed E-state index contributed by atoms with van der Waals surface area (Å²) in [6, 6.07) is 4.07. The number of benzene rings is 1. The molecule has 1 N–H and O–H groups in total. The number of hydrogen-bond donors (Lipinski definition) is 1. The molecule has 126 valence electrons. The monoisotopic (exact) mass is 358 g/mol. The van der Waals surface area contributed by atoms with Gasteiger partial charge in [0, 0.05) is 25.2 Å². The summed E-state index contributed by atoms with van der Waals surface area (Å²) in [5, 5.41) is 3.15. The van der Waals surface area contributed by atoms with E-state index in [0.717, 1.165) is 16.4 Å². The maximum absolute atomic E-state index is 13.0. The van der Waals surface area contributed by atoms with Gasteiger partial charge in [-0.25, -0.2) is 8.42 Å². The first-order valence-corrected chi connectivity index (χ1v) is 7.99. The number of piperazine rings is 1. The second-order valence-corrected chi connectivity index (χ2v) is 7.19. The maximum atomic E-state index is 13.0. The lowest BCUT2D eigenvalue weighted by Crippen LogP contribution is -2.55. The van der Waals surface area contributed by atoms with Crippen LogP contribution in [-0.4, -0.2) is 37.9 Å². The van der Waals surface area contributed by atoms with Crippen LogP contribution >= 0.6 is 12.4 Å². The van der Waals surface area contributed by atoms with Crippen molar-refractivity contribution in [2.24, 2.45) is 0 Å². The summed E-state index contributed by atoms with van der Waals surface area (Å²) >= 11 is 0. The molecule has 0 aromatic heterocycles. The molecule has 4 nitrogen and oxygen atoms in total. The molecule has 1 aromatic rings. The Hall–Kier alpha value is -0.830. The number of sulfonamides is 1. The van der Waals surface area contributed by atoms with Gasteiger partial charge in [0.05, 0.1) is 10.5 Å². The summed E-state index contributed by atoms with van der Waals surface area (Å²) in [4.78, 5) is -0.682. The number of rotatable bonds is 2. The Labute approximate surface area is 134 Å². The molecule has 1 aliphatic heterocycles. The lowest BCUT2D eigenvalue weighted by Gasteiger charge is -2.35. The molecule has 2 rings (SSSR count). The Morgan fingerprint density at radius 1 is 1.14 bits per heavy atom. The van der Waals surface area contributed by atoms with Crippen LogP contribution < -0.4 is 5.32 Å². The zero-order valence-electron chi connectivity index (χ0n) is 12.1. The fourth-order valence-corrected chi connectivity index (χ4v) is 4.37. The molecule has 2 atom stereocenters. The second kappa shape index (κ2) is 6.74. The smallest absolute Gasteiger partial charge is 0.309 e. The minimum absolute atomic E-state index is 0.